The zero-order valence-corrected chi connectivity index (χ0v) is 10.3. The van der Waals surface area contributed by atoms with Gasteiger partial charge in [0.1, 0.15) is 6.04 Å². The van der Waals surface area contributed by atoms with Gasteiger partial charge in [0.2, 0.25) is 0 Å². The van der Waals surface area contributed by atoms with Gasteiger partial charge < -0.3 is 5.11 Å². The number of unbranched alkanes of at least 4 members (excludes halogenated alkanes) is 3. The third-order valence-electron chi connectivity index (χ3n) is 2.76. The largest absolute Gasteiger partial charge is 0.480 e. The second kappa shape index (κ2) is 8.72. The van der Waals surface area contributed by atoms with E-state index in [-0.39, 0.29) is 6.04 Å². The Hall–Kier alpha value is -0.570. The predicted octanol–water partition coefficient (Wildman–Crippen LogP) is 2.75. The van der Waals surface area contributed by atoms with Gasteiger partial charge >= 0.3 is 5.97 Å². The van der Waals surface area contributed by atoms with Crippen molar-refractivity contribution in [2.24, 2.45) is 0 Å². The first kappa shape index (κ1) is 14.4. The average molecular weight is 215 g/mol. The highest BCUT2D eigenvalue weighted by Crippen LogP contribution is 2.09. The Morgan fingerprint density at radius 1 is 1.20 bits per heavy atom. The summed E-state index contributed by atoms with van der Waals surface area (Å²) in [4.78, 5) is 13.0. The van der Waals surface area contributed by atoms with Crippen LogP contribution in [0.2, 0.25) is 0 Å². The first-order chi connectivity index (χ1) is 7.13. The van der Waals surface area contributed by atoms with Crippen LogP contribution in [0.5, 0.6) is 0 Å². The van der Waals surface area contributed by atoms with E-state index in [9.17, 15) is 4.79 Å². The summed E-state index contributed by atoms with van der Waals surface area (Å²) in [5, 5.41) is 9.09. The molecule has 15 heavy (non-hydrogen) atoms. The molecule has 1 unspecified atom stereocenters. The fourth-order valence-electron chi connectivity index (χ4n) is 1.70. The van der Waals surface area contributed by atoms with Crippen LogP contribution in [-0.4, -0.2) is 35.6 Å². The number of hydrogen-bond donors (Lipinski definition) is 1. The van der Waals surface area contributed by atoms with Gasteiger partial charge in [0, 0.05) is 0 Å². The molecule has 0 saturated carbocycles. The lowest BCUT2D eigenvalue weighted by Crippen LogP contribution is -2.38. The molecule has 0 heterocycles. The molecule has 90 valence electrons. The summed E-state index contributed by atoms with van der Waals surface area (Å²) in [6.07, 6.45) is 6.30. The molecule has 0 saturated heterocycles. The molecule has 0 aromatic heterocycles. The molecule has 0 amide bonds. The van der Waals surface area contributed by atoms with Crippen LogP contribution in [0, 0.1) is 0 Å². The van der Waals surface area contributed by atoms with Gasteiger partial charge in [0.05, 0.1) is 0 Å². The van der Waals surface area contributed by atoms with Crippen molar-refractivity contribution in [3.63, 3.8) is 0 Å². The smallest absolute Gasteiger partial charge is 0.320 e. The van der Waals surface area contributed by atoms with E-state index in [0.29, 0.717) is 0 Å². The minimum atomic E-state index is -0.678. The molecule has 0 rings (SSSR count). The molecule has 0 aromatic rings. The topological polar surface area (TPSA) is 40.5 Å². The fourth-order valence-corrected chi connectivity index (χ4v) is 1.70. The van der Waals surface area contributed by atoms with Crippen LogP contribution in [0.25, 0.3) is 0 Å². The van der Waals surface area contributed by atoms with Crippen LogP contribution in [0.1, 0.15) is 52.4 Å². The molecule has 0 bridgehead atoms. The van der Waals surface area contributed by atoms with E-state index < -0.39 is 5.97 Å². The number of nitrogens with zero attached hydrogens (tertiary/aromatic N) is 1. The van der Waals surface area contributed by atoms with Gasteiger partial charge in [-0.3, -0.25) is 9.69 Å². The van der Waals surface area contributed by atoms with Crippen molar-refractivity contribution in [1.29, 1.82) is 0 Å². The summed E-state index contributed by atoms with van der Waals surface area (Å²) >= 11 is 0. The first-order valence-corrected chi connectivity index (χ1v) is 6.06. The molecule has 1 N–H and O–H groups in total. The second-order valence-corrected chi connectivity index (χ2v) is 4.18. The average Bonchev–Trinajstić information content (AvgIpc) is 2.18. The first-order valence-electron chi connectivity index (χ1n) is 6.06. The Morgan fingerprint density at radius 2 is 1.80 bits per heavy atom. The van der Waals surface area contributed by atoms with E-state index in [4.69, 9.17) is 5.11 Å². The van der Waals surface area contributed by atoms with Crippen LogP contribution in [0.3, 0.4) is 0 Å². The fraction of sp³-hybridized carbons (Fsp3) is 0.917. The predicted molar refractivity (Wildman–Crippen MR) is 63.1 cm³/mol. The summed E-state index contributed by atoms with van der Waals surface area (Å²) in [5.41, 5.74) is 0. The molecule has 0 spiro atoms. The molecule has 3 heteroatoms. The Morgan fingerprint density at radius 3 is 2.27 bits per heavy atom. The lowest BCUT2D eigenvalue weighted by atomic mass is 10.1. The van der Waals surface area contributed by atoms with Gasteiger partial charge in [0.25, 0.3) is 0 Å². The highest BCUT2D eigenvalue weighted by atomic mass is 16.4. The third kappa shape index (κ3) is 6.50. The van der Waals surface area contributed by atoms with E-state index in [0.717, 1.165) is 32.2 Å². The molecule has 0 aliphatic heterocycles. The van der Waals surface area contributed by atoms with Crippen molar-refractivity contribution in [1.82, 2.24) is 4.90 Å². The number of carbonyl (C=O) groups is 1. The van der Waals surface area contributed by atoms with Gasteiger partial charge in [-0.2, -0.15) is 0 Å². The van der Waals surface area contributed by atoms with Gasteiger partial charge in [-0.15, -0.1) is 0 Å². The van der Waals surface area contributed by atoms with Crippen molar-refractivity contribution in [2.45, 2.75) is 58.4 Å². The number of rotatable bonds is 9. The van der Waals surface area contributed by atoms with Gasteiger partial charge in [-0.1, -0.05) is 39.5 Å². The van der Waals surface area contributed by atoms with Crippen LogP contribution < -0.4 is 0 Å². The molecular formula is C12H25NO2. The number of hydrogen-bond acceptors (Lipinski definition) is 2. The molecule has 0 aliphatic carbocycles. The van der Waals surface area contributed by atoms with E-state index in [2.05, 4.69) is 13.8 Å². The zero-order chi connectivity index (χ0) is 11.7. The Balaban J connectivity index is 3.93. The summed E-state index contributed by atoms with van der Waals surface area (Å²) < 4.78 is 0. The van der Waals surface area contributed by atoms with Crippen LogP contribution in [-0.2, 0) is 4.79 Å². The molecule has 0 aliphatic rings. The highest BCUT2D eigenvalue weighted by molar-refractivity contribution is 5.73. The lowest BCUT2D eigenvalue weighted by molar-refractivity contribution is -0.143. The highest BCUT2D eigenvalue weighted by Gasteiger charge is 2.20. The van der Waals surface area contributed by atoms with Crippen molar-refractivity contribution in [3.05, 3.63) is 0 Å². The van der Waals surface area contributed by atoms with Crippen molar-refractivity contribution >= 4 is 5.97 Å². The quantitative estimate of drug-likeness (QED) is 0.601. The molecule has 0 radical (unpaired) electrons. The van der Waals surface area contributed by atoms with Crippen molar-refractivity contribution < 1.29 is 9.90 Å². The second-order valence-electron chi connectivity index (χ2n) is 4.18. The minimum Gasteiger partial charge on any atom is -0.480 e. The Kier molecular flexibility index (Phi) is 8.38. The van der Waals surface area contributed by atoms with E-state index in [1.807, 2.05) is 11.9 Å². The summed E-state index contributed by atoms with van der Waals surface area (Å²) in [6.45, 7) is 5.15. The molecule has 1 atom stereocenters. The minimum absolute atomic E-state index is 0.290. The number of carboxylic acid groups (broad SMARTS) is 1. The maximum absolute atomic E-state index is 11.0. The maximum Gasteiger partial charge on any atom is 0.320 e. The van der Waals surface area contributed by atoms with Crippen molar-refractivity contribution in [2.75, 3.05) is 13.6 Å². The summed E-state index contributed by atoms with van der Waals surface area (Å²) in [6, 6.07) is -0.290. The van der Waals surface area contributed by atoms with Crippen LogP contribution in [0.4, 0.5) is 0 Å². The van der Waals surface area contributed by atoms with E-state index in [1.54, 1.807) is 0 Å². The number of likely N-dealkylation sites (N-methyl/N-ethyl adjacent to an activating group) is 1. The molecular weight excluding hydrogens is 190 g/mol. The summed E-state index contributed by atoms with van der Waals surface area (Å²) in [5.74, 6) is -0.678. The zero-order valence-electron chi connectivity index (χ0n) is 10.3. The Bertz CT molecular complexity index is 171. The molecule has 0 fully saturated rings. The third-order valence-corrected chi connectivity index (χ3v) is 2.76. The lowest BCUT2D eigenvalue weighted by Gasteiger charge is -2.24. The molecule has 0 aromatic carbocycles. The number of carboxylic acids is 1. The van der Waals surface area contributed by atoms with Crippen LogP contribution in [0.15, 0.2) is 0 Å². The van der Waals surface area contributed by atoms with Gasteiger partial charge in [-0.25, -0.2) is 0 Å². The van der Waals surface area contributed by atoms with Crippen molar-refractivity contribution in [3.8, 4) is 0 Å². The SMILES string of the molecule is CCCCCN(C)C(CCCC)C(=O)O. The van der Waals surface area contributed by atoms with Gasteiger partial charge in [-0.05, 0) is 26.4 Å². The van der Waals surface area contributed by atoms with Gasteiger partial charge in [0.15, 0.2) is 0 Å². The standard InChI is InChI=1S/C12H25NO2/c1-4-6-8-10-13(3)11(12(14)15)9-7-5-2/h11H,4-10H2,1-3H3,(H,14,15). The Labute approximate surface area is 93.5 Å². The monoisotopic (exact) mass is 215 g/mol. The molecule has 3 nitrogen and oxygen atoms in total. The van der Waals surface area contributed by atoms with Crippen LogP contribution >= 0.6 is 0 Å². The maximum atomic E-state index is 11.0. The number of aliphatic carboxylic acids is 1. The summed E-state index contributed by atoms with van der Waals surface area (Å²) in [7, 11) is 1.92. The normalized spacial score (nSPS) is 13.1. The van der Waals surface area contributed by atoms with E-state index >= 15 is 0 Å². The van der Waals surface area contributed by atoms with E-state index in [1.165, 1.54) is 12.8 Å².